The summed E-state index contributed by atoms with van der Waals surface area (Å²) in [5.74, 6) is 0. The Kier molecular flexibility index (Phi) is 3.67. The van der Waals surface area contributed by atoms with Crippen molar-refractivity contribution in [3.8, 4) is 0 Å². The van der Waals surface area contributed by atoms with Crippen molar-refractivity contribution < 1.29 is 18.2 Å². The van der Waals surface area contributed by atoms with Crippen LogP contribution < -0.4 is 0 Å². The van der Waals surface area contributed by atoms with Crippen LogP contribution in [-0.2, 0) is 43.9 Å². The molecule has 4 aromatic carbocycles. The first kappa shape index (κ1) is 18.7. The van der Waals surface area contributed by atoms with Gasteiger partial charge in [-0.25, -0.2) is 0 Å². The molecular weight excluding hydrogens is 432 g/mol. The normalized spacial score (nSPS) is 17.0. The minimum atomic E-state index is -0.435. The van der Waals surface area contributed by atoms with E-state index in [4.69, 9.17) is 0 Å². The fourth-order valence-electron chi connectivity index (χ4n) is 6.88. The van der Waals surface area contributed by atoms with E-state index < -0.39 is 18.2 Å². The summed E-state index contributed by atoms with van der Waals surface area (Å²) >= 11 is -0.435. The summed E-state index contributed by atoms with van der Waals surface area (Å²) in [6.45, 7) is 4.70. The van der Waals surface area contributed by atoms with Crippen LogP contribution in [0.4, 0.5) is 0 Å². The Morgan fingerprint density at radius 1 is 0.576 bits per heavy atom. The maximum atomic E-state index is 2.56. The van der Waals surface area contributed by atoms with E-state index in [1.807, 2.05) is 0 Å². The van der Waals surface area contributed by atoms with Crippen LogP contribution >= 0.6 is 0 Å². The summed E-state index contributed by atoms with van der Waals surface area (Å²) in [5, 5.41) is 6.05. The molecule has 0 heterocycles. The predicted molar refractivity (Wildman–Crippen MR) is 138 cm³/mol. The molecule has 8 rings (SSSR count). The number of allylic oxidation sites excluding steroid dienone is 2. The van der Waals surface area contributed by atoms with E-state index in [-0.39, 0.29) is 0 Å². The van der Waals surface area contributed by atoms with Crippen molar-refractivity contribution in [3.05, 3.63) is 104 Å². The van der Waals surface area contributed by atoms with Gasteiger partial charge in [0.15, 0.2) is 0 Å². The Bertz CT molecular complexity index is 1620. The first-order chi connectivity index (χ1) is 16.2. The number of rotatable bonds is 0. The second-order valence-electron chi connectivity index (χ2n) is 10.2. The molecule has 0 aromatic heterocycles. The minimum absolute atomic E-state index is 0.435. The molecule has 1 heteroatoms. The molecular formula is C32H24Ti. The third-order valence-corrected chi connectivity index (χ3v) is 11.2. The third-order valence-electron chi connectivity index (χ3n) is 8.37. The van der Waals surface area contributed by atoms with Crippen LogP contribution in [0.1, 0.15) is 58.4 Å². The van der Waals surface area contributed by atoms with Gasteiger partial charge in [-0.1, -0.05) is 0 Å². The van der Waals surface area contributed by atoms with Crippen LogP contribution in [-0.4, -0.2) is 7.62 Å². The molecule has 0 bridgehead atoms. The fourth-order valence-corrected chi connectivity index (χ4v) is 9.18. The number of fused-ring (bicyclic) bond motifs is 4. The number of hydrogen-bond donors (Lipinski definition) is 0. The number of aryl methyl sites for hydroxylation is 4. The van der Waals surface area contributed by atoms with E-state index in [1.54, 1.807) is 40.6 Å². The summed E-state index contributed by atoms with van der Waals surface area (Å²) in [7, 11) is 0. The molecule has 0 saturated heterocycles. The number of hydrogen-bond acceptors (Lipinski definition) is 0. The van der Waals surface area contributed by atoms with Crippen LogP contribution in [0, 0.1) is 0 Å². The van der Waals surface area contributed by atoms with Crippen molar-refractivity contribution in [3.63, 3.8) is 0 Å². The fraction of sp³-hybridized carbons (Fsp3) is 0.188. The standard InChI is InChI=1S/2C16H12.Ti/c2*1-10-7-13-9-12-6-5-11-3-2-4-14(16(11)12)15(13)8-10;/h2*2-4,8-9H,5-6H2,1H3;. The summed E-state index contributed by atoms with van der Waals surface area (Å²) < 4.78 is 3.31. The van der Waals surface area contributed by atoms with E-state index in [0.717, 1.165) is 0 Å². The quantitative estimate of drug-likeness (QED) is 0.254. The molecule has 0 nitrogen and oxygen atoms in total. The Hall–Kier alpha value is -2.67. The van der Waals surface area contributed by atoms with Gasteiger partial charge >= 0.3 is 203 Å². The van der Waals surface area contributed by atoms with E-state index in [1.165, 1.54) is 69.9 Å². The number of benzene rings is 4. The van der Waals surface area contributed by atoms with E-state index in [9.17, 15) is 0 Å². The molecule has 0 spiro atoms. The molecule has 156 valence electrons. The molecule has 0 atom stereocenters. The molecule has 0 unspecified atom stereocenters. The Morgan fingerprint density at radius 2 is 1.03 bits per heavy atom. The molecule has 0 aliphatic heterocycles. The van der Waals surface area contributed by atoms with Gasteiger partial charge in [-0.15, -0.1) is 0 Å². The van der Waals surface area contributed by atoms with Gasteiger partial charge < -0.3 is 0 Å². The summed E-state index contributed by atoms with van der Waals surface area (Å²) in [6, 6.07) is 19.0. The zero-order valence-electron chi connectivity index (χ0n) is 19.1. The zero-order valence-corrected chi connectivity index (χ0v) is 20.7. The monoisotopic (exact) mass is 456 g/mol. The van der Waals surface area contributed by atoms with Crippen LogP contribution in [0.3, 0.4) is 0 Å². The van der Waals surface area contributed by atoms with Gasteiger partial charge in [-0.3, -0.25) is 0 Å². The second kappa shape index (κ2) is 6.47. The SMILES string of the molecule is CC1=Cc2c(cc3c4c(cccc24)CC3)[C]1=[Ti]=[C]1C(C)=Cc2c1cc1c3c(cccc23)CC1. The van der Waals surface area contributed by atoms with Gasteiger partial charge in [0.05, 0.1) is 0 Å². The van der Waals surface area contributed by atoms with Crippen molar-refractivity contribution in [2.75, 3.05) is 0 Å². The van der Waals surface area contributed by atoms with Crippen LogP contribution in [0.25, 0.3) is 33.7 Å². The Balaban J connectivity index is 1.43. The van der Waals surface area contributed by atoms with Crippen molar-refractivity contribution in [1.82, 2.24) is 0 Å². The molecule has 33 heavy (non-hydrogen) atoms. The molecule has 4 aliphatic rings. The molecule has 0 fully saturated rings. The predicted octanol–water partition coefficient (Wildman–Crippen LogP) is 6.85. The van der Waals surface area contributed by atoms with Gasteiger partial charge in [0, 0.05) is 0 Å². The van der Waals surface area contributed by atoms with Crippen molar-refractivity contribution in [2.24, 2.45) is 0 Å². The zero-order chi connectivity index (χ0) is 21.8. The first-order valence-electron chi connectivity index (χ1n) is 12.2. The third kappa shape index (κ3) is 2.41. The molecule has 4 aliphatic carbocycles. The van der Waals surface area contributed by atoms with Crippen molar-refractivity contribution in [2.45, 2.75) is 39.5 Å². The second-order valence-corrected chi connectivity index (χ2v) is 12.2. The first-order valence-corrected chi connectivity index (χ1v) is 13.8. The van der Waals surface area contributed by atoms with Gasteiger partial charge in [0.25, 0.3) is 0 Å². The van der Waals surface area contributed by atoms with Gasteiger partial charge in [0.2, 0.25) is 0 Å². The van der Waals surface area contributed by atoms with Crippen LogP contribution in [0.2, 0.25) is 0 Å². The molecule has 0 saturated carbocycles. The average molecular weight is 456 g/mol. The molecule has 0 radical (unpaired) electrons. The summed E-state index contributed by atoms with van der Waals surface area (Å²) in [5.41, 5.74) is 15.3. The van der Waals surface area contributed by atoms with Gasteiger partial charge in [0.1, 0.15) is 0 Å². The van der Waals surface area contributed by atoms with Gasteiger partial charge in [-0.05, 0) is 0 Å². The topological polar surface area (TPSA) is 0 Å². The van der Waals surface area contributed by atoms with Gasteiger partial charge in [-0.2, -0.15) is 0 Å². The Labute approximate surface area is 202 Å². The molecule has 4 aromatic rings. The van der Waals surface area contributed by atoms with Crippen molar-refractivity contribution in [1.29, 1.82) is 0 Å². The van der Waals surface area contributed by atoms with E-state index in [2.05, 4.69) is 74.5 Å². The summed E-state index contributed by atoms with van der Waals surface area (Å²) in [6.07, 6.45) is 9.77. The summed E-state index contributed by atoms with van der Waals surface area (Å²) in [4.78, 5) is 0. The van der Waals surface area contributed by atoms with Crippen molar-refractivity contribution >= 4 is 41.3 Å². The molecule has 0 amide bonds. The van der Waals surface area contributed by atoms with E-state index in [0.29, 0.717) is 0 Å². The van der Waals surface area contributed by atoms with Crippen LogP contribution in [0.15, 0.2) is 59.7 Å². The average Bonchev–Trinajstić information content (AvgIpc) is 3.57. The maximum absolute atomic E-state index is 2.56. The van der Waals surface area contributed by atoms with Crippen LogP contribution in [0.5, 0.6) is 0 Å². The Morgan fingerprint density at radius 3 is 1.52 bits per heavy atom. The van der Waals surface area contributed by atoms with E-state index >= 15 is 0 Å². The molecule has 0 N–H and O–H groups in total.